The lowest BCUT2D eigenvalue weighted by Gasteiger charge is -2.05. The van der Waals surface area contributed by atoms with E-state index in [0.717, 1.165) is 16.8 Å². The molecule has 1 N–H and O–H groups in total. The van der Waals surface area contributed by atoms with Crippen LogP contribution in [0.4, 0.5) is 10.1 Å². The third kappa shape index (κ3) is 1.69. The Labute approximate surface area is 98.1 Å². The van der Waals surface area contributed by atoms with E-state index in [2.05, 4.69) is 5.32 Å². The first-order chi connectivity index (χ1) is 8.24. The van der Waals surface area contributed by atoms with E-state index >= 15 is 0 Å². The molecule has 1 aliphatic heterocycles. The highest BCUT2D eigenvalue weighted by Gasteiger charge is 2.18. The number of carbonyl (C=O) groups is 1. The van der Waals surface area contributed by atoms with Crippen LogP contribution in [-0.2, 0) is 11.2 Å². The zero-order valence-electron chi connectivity index (χ0n) is 9.03. The van der Waals surface area contributed by atoms with Crippen molar-refractivity contribution >= 4 is 11.6 Å². The van der Waals surface area contributed by atoms with Crippen LogP contribution in [0, 0.1) is 5.82 Å². The van der Waals surface area contributed by atoms with Crippen LogP contribution in [0.15, 0.2) is 42.5 Å². The summed E-state index contributed by atoms with van der Waals surface area (Å²) in [5.41, 5.74) is 3.12. The Hall–Kier alpha value is -2.16. The maximum Gasteiger partial charge on any atom is 0.228 e. The predicted octanol–water partition coefficient (Wildman–Crippen LogP) is 2.99. The number of fused-ring (bicyclic) bond motifs is 1. The fourth-order valence-electron chi connectivity index (χ4n) is 2.09. The highest BCUT2D eigenvalue weighted by atomic mass is 19.1. The molecule has 84 valence electrons. The zero-order chi connectivity index (χ0) is 11.8. The van der Waals surface area contributed by atoms with Gasteiger partial charge in [-0.15, -0.1) is 0 Å². The van der Waals surface area contributed by atoms with E-state index < -0.39 is 0 Å². The van der Waals surface area contributed by atoms with Gasteiger partial charge in [0.2, 0.25) is 5.91 Å². The summed E-state index contributed by atoms with van der Waals surface area (Å²) in [4.78, 5) is 11.2. The van der Waals surface area contributed by atoms with Crippen LogP contribution >= 0.6 is 0 Å². The summed E-state index contributed by atoms with van der Waals surface area (Å²) in [5.74, 6) is -0.254. The van der Waals surface area contributed by atoms with E-state index in [9.17, 15) is 9.18 Å². The molecule has 3 heteroatoms. The molecule has 0 radical (unpaired) electrons. The molecule has 0 unspecified atom stereocenters. The van der Waals surface area contributed by atoms with Crippen molar-refractivity contribution in [2.45, 2.75) is 6.42 Å². The van der Waals surface area contributed by atoms with Crippen LogP contribution in [0.2, 0.25) is 0 Å². The van der Waals surface area contributed by atoms with Crippen LogP contribution in [-0.4, -0.2) is 5.91 Å². The van der Waals surface area contributed by atoms with Crippen molar-refractivity contribution in [3.8, 4) is 11.1 Å². The van der Waals surface area contributed by atoms with E-state index in [1.807, 2.05) is 18.2 Å². The van der Waals surface area contributed by atoms with Gasteiger partial charge in [-0.3, -0.25) is 4.79 Å². The maximum atomic E-state index is 13.6. The van der Waals surface area contributed by atoms with Gasteiger partial charge in [0.15, 0.2) is 0 Å². The van der Waals surface area contributed by atoms with Gasteiger partial charge in [-0.1, -0.05) is 24.3 Å². The normalized spacial score (nSPS) is 13.4. The molecule has 2 aromatic carbocycles. The molecule has 0 bridgehead atoms. The first kappa shape index (κ1) is 10.0. The zero-order valence-corrected chi connectivity index (χ0v) is 9.03. The van der Waals surface area contributed by atoms with Crippen LogP contribution in [0.1, 0.15) is 5.56 Å². The number of amides is 1. The van der Waals surface area contributed by atoms with Crippen molar-refractivity contribution in [1.29, 1.82) is 0 Å². The number of hydrogen-bond acceptors (Lipinski definition) is 1. The molecule has 1 aliphatic rings. The Bertz CT molecular complexity index is 607. The standard InChI is InChI=1S/C14H10FNO/c15-12-4-2-1-3-11(12)9-5-6-13-10(7-9)8-14(17)16-13/h1-7H,8H2,(H,16,17). The second-order valence-corrected chi connectivity index (χ2v) is 4.08. The van der Waals surface area contributed by atoms with Crippen LogP contribution in [0.25, 0.3) is 11.1 Å². The molecule has 0 spiro atoms. The summed E-state index contributed by atoms with van der Waals surface area (Å²) >= 11 is 0. The molecule has 3 rings (SSSR count). The summed E-state index contributed by atoms with van der Waals surface area (Å²) in [5, 5.41) is 2.76. The van der Waals surface area contributed by atoms with Crippen LogP contribution in [0.5, 0.6) is 0 Å². The van der Waals surface area contributed by atoms with Gasteiger partial charge in [-0.2, -0.15) is 0 Å². The molecule has 0 atom stereocenters. The number of rotatable bonds is 1. The highest BCUT2D eigenvalue weighted by Crippen LogP contribution is 2.30. The molecule has 0 saturated heterocycles. The average molecular weight is 227 g/mol. The number of nitrogens with one attached hydrogen (secondary N) is 1. The molecular formula is C14H10FNO. The van der Waals surface area contributed by atoms with Crippen LogP contribution in [0.3, 0.4) is 0 Å². The van der Waals surface area contributed by atoms with Gasteiger partial charge in [-0.05, 0) is 29.3 Å². The maximum absolute atomic E-state index is 13.6. The first-order valence-corrected chi connectivity index (χ1v) is 5.42. The Morgan fingerprint density at radius 3 is 2.76 bits per heavy atom. The molecule has 2 nitrogen and oxygen atoms in total. The molecule has 1 amide bonds. The average Bonchev–Trinajstić information content (AvgIpc) is 2.68. The minimum absolute atomic E-state index is 0.00863. The number of halogens is 1. The summed E-state index contributed by atoms with van der Waals surface area (Å²) in [7, 11) is 0. The Morgan fingerprint density at radius 1 is 1.12 bits per heavy atom. The quantitative estimate of drug-likeness (QED) is 0.797. The molecule has 0 aliphatic carbocycles. The van der Waals surface area contributed by atoms with E-state index in [4.69, 9.17) is 0 Å². The summed E-state index contributed by atoms with van der Waals surface area (Å²) < 4.78 is 13.6. The van der Waals surface area contributed by atoms with Crippen molar-refractivity contribution in [2.75, 3.05) is 5.32 Å². The molecule has 1 heterocycles. The Balaban J connectivity index is 2.09. The van der Waals surface area contributed by atoms with E-state index in [0.29, 0.717) is 12.0 Å². The lowest BCUT2D eigenvalue weighted by molar-refractivity contribution is -0.115. The van der Waals surface area contributed by atoms with Crippen molar-refractivity contribution in [3.63, 3.8) is 0 Å². The number of carbonyl (C=O) groups excluding carboxylic acids is 1. The third-order valence-corrected chi connectivity index (χ3v) is 2.92. The Kier molecular flexibility index (Phi) is 2.18. The fourth-order valence-corrected chi connectivity index (χ4v) is 2.09. The van der Waals surface area contributed by atoms with Gasteiger partial charge in [0.1, 0.15) is 5.82 Å². The predicted molar refractivity (Wildman–Crippen MR) is 64.2 cm³/mol. The van der Waals surface area contributed by atoms with Gasteiger partial charge in [0.05, 0.1) is 6.42 Å². The van der Waals surface area contributed by atoms with Crippen LogP contribution < -0.4 is 5.32 Å². The molecule has 0 saturated carbocycles. The van der Waals surface area contributed by atoms with Crippen molar-refractivity contribution in [1.82, 2.24) is 0 Å². The molecule has 0 aromatic heterocycles. The largest absolute Gasteiger partial charge is 0.326 e. The summed E-state index contributed by atoms with van der Waals surface area (Å²) in [6.45, 7) is 0. The number of hydrogen-bond donors (Lipinski definition) is 1. The lowest BCUT2D eigenvalue weighted by atomic mass is 10.0. The van der Waals surface area contributed by atoms with Gasteiger partial charge >= 0.3 is 0 Å². The monoisotopic (exact) mass is 227 g/mol. The minimum atomic E-state index is -0.246. The van der Waals surface area contributed by atoms with Crippen molar-refractivity contribution in [2.24, 2.45) is 0 Å². The first-order valence-electron chi connectivity index (χ1n) is 5.42. The second-order valence-electron chi connectivity index (χ2n) is 4.08. The SMILES string of the molecule is O=C1Cc2cc(-c3ccccc3F)ccc2N1. The van der Waals surface area contributed by atoms with Gasteiger partial charge < -0.3 is 5.32 Å². The summed E-state index contributed by atoms with van der Waals surface area (Å²) in [6, 6.07) is 12.1. The third-order valence-electron chi connectivity index (χ3n) is 2.92. The number of benzene rings is 2. The van der Waals surface area contributed by atoms with Gasteiger partial charge in [0.25, 0.3) is 0 Å². The Morgan fingerprint density at radius 2 is 1.94 bits per heavy atom. The summed E-state index contributed by atoms with van der Waals surface area (Å²) in [6.07, 6.45) is 0.373. The van der Waals surface area contributed by atoms with E-state index in [1.54, 1.807) is 18.2 Å². The fraction of sp³-hybridized carbons (Fsp3) is 0.0714. The molecular weight excluding hydrogens is 217 g/mol. The molecule has 0 fully saturated rings. The second kappa shape index (κ2) is 3.70. The topological polar surface area (TPSA) is 29.1 Å². The highest BCUT2D eigenvalue weighted by molar-refractivity contribution is 5.99. The van der Waals surface area contributed by atoms with E-state index in [-0.39, 0.29) is 11.7 Å². The van der Waals surface area contributed by atoms with Gasteiger partial charge in [0, 0.05) is 11.3 Å². The van der Waals surface area contributed by atoms with Crippen molar-refractivity contribution < 1.29 is 9.18 Å². The molecule has 2 aromatic rings. The smallest absolute Gasteiger partial charge is 0.228 e. The minimum Gasteiger partial charge on any atom is -0.326 e. The van der Waals surface area contributed by atoms with Gasteiger partial charge in [-0.25, -0.2) is 4.39 Å². The lowest BCUT2D eigenvalue weighted by Crippen LogP contribution is -2.03. The molecule has 17 heavy (non-hydrogen) atoms. The number of anilines is 1. The van der Waals surface area contributed by atoms with E-state index in [1.165, 1.54) is 6.07 Å². The van der Waals surface area contributed by atoms with Crippen molar-refractivity contribution in [3.05, 3.63) is 53.8 Å².